The molecule has 0 aliphatic carbocycles. The fourth-order valence-corrected chi connectivity index (χ4v) is 1.36. The number of benzene rings is 1. The second-order valence-corrected chi connectivity index (χ2v) is 3.55. The van der Waals surface area contributed by atoms with E-state index in [1.807, 2.05) is 30.3 Å². The molecule has 0 unspecified atom stereocenters. The van der Waals surface area contributed by atoms with Gasteiger partial charge in [0.05, 0.1) is 0 Å². The molecule has 0 aliphatic heterocycles. The summed E-state index contributed by atoms with van der Waals surface area (Å²) >= 11 is 5.30. The van der Waals surface area contributed by atoms with Crippen LogP contribution in [0.3, 0.4) is 0 Å². The summed E-state index contributed by atoms with van der Waals surface area (Å²) in [6.45, 7) is 0. The summed E-state index contributed by atoms with van der Waals surface area (Å²) in [5, 5.41) is 11.3. The van der Waals surface area contributed by atoms with Gasteiger partial charge in [-0.05, 0) is 5.56 Å². The lowest BCUT2D eigenvalue weighted by Crippen LogP contribution is -2.42. The molecule has 0 aliphatic rings. The average molecular weight is 242 g/mol. The molecule has 16 heavy (non-hydrogen) atoms. The van der Waals surface area contributed by atoms with E-state index >= 15 is 0 Å². The second kappa shape index (κ2) is 6.12. The third kappa shape index (κ3) is 3.90. The van der Waals surface area contributed by atoms with E-state index in [1.165, 1.54) is 0 Å². The molecule has 0 heterocycles. The Morgan fingerprint density at radius 1 is 1.31 bits per heavy atom. The first-order valence-corrected chi connectivity index (χ1v) is 5.29. The van der Waals surface area contributed by atoms with Crippen LogP contribution in [-0.2, 0) is 16.0 Å². The number of rotatable bonds is 5. The van der Waals surface area contributed by atoms with Crippen LogP contribution in [0.2, 0.25) is 0 Å². The number of carbonyl (C=O) groups is 2. The van der Waals surface area contributed by atoms with Gasteiger partial charge < -0.3 is 10.4 Å². The lowest BCUT2D eigenvalue weighted by molar-refractivity contribution is -0.141. The number of carboxylic acid groups (broad SMARTS) is 1. The highest BCUT2D eigenvalue weighted by Crippen LogP contribution is 2.03. The molecule has 1 amide bonds. The number of nitrogens with one attached hydrogen (secondary N) is 1. The summed E-state index contributed by atoms with van der Waals surface area (Å²) < 4.78 is 0. The quantitative estimate of drug-likeness (QED) is 0.757. The smallest absolute Gasteiger partial charge is 0.326 e. The monoisotopic (exact) mass is 241 g/mol. The van der Waals surface area contributed by atoms with Gasteiger partial charge in [-0.3, -0.25) is 4.79 Å². The molecular formula is C11H12ClNO3. The number of hydrogen-bond acceptors (Lipinski definition) is 2. The molecule has 1 aromatic carbocycles. The van der Waals surface area contributed by atoms with Crippen molar-refractivity contribution < 1.29 is 14.7 Å². The standard InChI is InChI=1S/C11H12ClNO3/c12-7-10(14)13-9(11(15)16)6-8-4-2-1-3-5-8/h1-5,9H,6-7H2,(H,13,14)(H,15,16)/t9-/m0/s1. The highest BCUT2D eigenvalue weighted by atomic mass is 35.5. The Morgan fingerprint density at radius 3 is 2.44 bits per heavy atom. The van der Waals surface area contributed by atoms with Gasteiger partial charge in [0.1, 0.15) is 11.9 Å². The van der Waals surface area contributed by atoms with Crippen LogP contribution in [0, 0.1) is 0 Å². The number of alkyl halides is 1. The van der Waals surface area contributed by atoms with E-state index in [9.17, 15) is 9.59 Å². The highest BCUT2D eigenvalue weighted by molar-refractivity contribution is 6.27. The number of halogens is 1. The van der Waals surface area contributed by atoms with Gasteiger partial charge in [0.2, 0.25) is 5.91 Å². The van der Waals surface area contributed by atoms with Gasteiger partial charge >= 0.3 is 5.97 Å². The van der Waals surface area contributed by atoms with Crippen LogP contribution in [0.1, 0.15) is 5.56 Å². The van der Waals surface area contributed by atoms with E-state index in [-0.39, 0.29) is 12.3 Å². The van der Waals surface area contributed by atoms with Crippen molar-refractivity contribution >= 4 is 23.5 Å². The summed E-state index contributed by atoms with van der Waals surface area (Å²) in [5.74, 6) is -1.79. The Bertz CT molecular complexity index is 367. The molecule has 5 heteroatoms. The Kier molecular flexibility index (Phi) is 4.79. The van der Waals surface area contributed by atoms with Gasteiger partial charge in [0, 0.05) is 6.42 Å². The minimum absolute atomic E-state index is 0.238. The Balaban J connectivity index is 2.65. The lowest BCUT2D eigenvalue weighted by Gasteiger charge is -2.13. The number of carboxylic acids is 1. The summed E-state index contributed by atoms with van der Waals surface area (Å²) in [7, 11) is 0. The van der Waals surface area contributed by atoms with Crippen LogP contribution >= 0.6 is 11.6 Å². The molecule has 0 spiro atoms. The van der Waals surface area contributed by atoms with Crippen molar-refractivity contribution in [2.24, 2.45) is 0 Å². The van der Waals surface area contributed by atoms with Crippen molar-refractivity contribution in [1.82, 2.24) is 5.32 Å². The van der Waals surface area contributed by atoms with Crippen molar-refractivity contribution in [2.45, 2.75) is 12.5 Å². The van der Waals surface area contributed by atoms with Crippen molar-refractivity contribution in [3.05, 3.63) is 35.9 Å². The largest absolute Gasteiger partial charge is 0.480 e. The maximum Gasteiger partial charge on any atom is 0.326 e. The van der Waals surface area contributed by atoms with Crippen molar-refractivity contribution in [1.29, 1.82) is 0 Å². The molecule has 1 aromatic rings. The van der Waals surface area contributed by atoms with Crippen LogP contribution in [0.4, 0.5) is 0 Å². The van der Waals surface area contributed by atoms with E-state index in [4.69, 9.17) is 16.7 Å². The Morgan fingerprint density at radius 2 is 1.94 bits per heavy atom. The zero-order valence-electron chi connectivity index (χ0n) is 8.52. The number of carbonyl (C=O) groups excluding carboxylic acids is 1. The normalized spacial score (nSPS) is 11.8. The Labute approximate surface area is 98.2 Å². The number of amides is 1. The fraction of sp³-hybridized carbons (Fsp3) is 0.273. The predicted octanol–water partition coefficient (Wildman–Crippen LogP) is 1.04. The van der Waals surface area contributed by atoms with E-state index < -0.39 is 17.9 Å². The molecule has 0 bridgehead atoms. The maximum absolute atomic E-state index is 11.0. The fourth-order valence-electron chi connectivity index (χ4n) is 1.28. The van der Waals surface area contributed by atoms with Crippen molar-refractivity contribution in [3.63, 3.8) is 0 Å². The van der Waals surface area contributed by atoms with Gasteiger partial charge in [0.15, 0.2) is 0 Å². The summed E-state index contributed by atoms with van der Waals surface area (Å²) in [6.07, 6.45) is 0.249. The van der Waals surface area contributed by atoms with E-state index in [0.717, 1.165) is 5.56 Å². The van der Waals surface area contributed by atoms with Crippen LogP contribution in [-0.4, -0.2) is 28.9 Å². The highest BCUT2D eigenvalue weighted by Gasteiger charge is 2.19. The van der Waals surface area contributed by atoms with Crippen molar-refractivity contribution in [3.8, 4) is 0 Å². The van der Waals surface area contributed by atoms with E-state index in [1.54, 1.807) is 0 Å². The van der Waals surface area contributed by atoms with E-state index in [0.29, 0.717) is 0 Å². The molecule has 0 saturated carbocycles. The minimum atomic E-state index is -1.07. The zero-order valence-corrected chi connectivity index (χ0v) is 9.28. The predicted molar refractivity (Wildman–Crippen MR) is 60.4 cm³/mol. The average Bonchev–Trinajstić information content (AvgIpc) is 2.29. The zero-order chi connectivity index (χ0) is 12.0. The molecule has 86 valence electrons. The van der Waals surface area contributed by atoms with Crippen LogP contribution in [0.15, 0.2) is 30.3 Å². The maximum atomic E-state index is 11.0. The molecule has 1 atom stereocenters. The van der Waals surface area contributed by atoms with Gasteiger partial charge in [-0.25, -0.2) is 4.79 Å². The number of aliphatic carboxylic acids is 1. The summed E-state index contributed by atoms with van der Waals surface area (Å²) in [6, 6.07) is 8.16. The van der Waals surface area contributed by atoms with Crippen LogP contribution in [0.5, 0.6) is 0 Å². The van der Waals surface area contributed by atoms with Gasteiger partial charge in [-0.2, -0.15) is 0 Å². The van der Waals surface area contributed by atoms with E-state index in [2.05, 4.69) is 5.32 Å². The first-order valence-electron chi connectivity index (χ1n) is 4.75. The summed E-state index contributed by atoms with van der Waals surface area (Å²) in [4.78, 5) is 21.9. The SMILES string of the molecule is O=C(CCl)N[C@@H](Cc1ccccc1)C(=O)O. The Hall–Kier alpha value is -1.55. The van der Waals surface area contributed by atoms with Gasteiger partial charge in [0.25, 0.3) is 0 Å². The van der Waals surface area contributed by atoms with Gasteiger partial charge in [-0.1, -0.05) is 30.3 Å². The lowest BCUT2D eigenvalue weighted by atomic mass is 10.1. The summed E-state index contributed by atoms with van der Waals surface area (Å²) in [5.41, 5.74) is 0.852. The third-order valence-electron chi connectivity index (χ3n) is 2.04. The molecule has 0 fully saturated rings. The molecule has 4 nitrogen and oxygen atoms in total. The molecule has 0 saturated heterocycles. The topological polar surface area (TPSA) is 66.4 Å². The first-order chi connectivity index (χ1) is 7.63. The third-order valence-corrected chi connectivity index (χ3v) is 2.28. The molecule has 0 aromatic heterocycles. The van der Waals surface area contributed by atoms with Crippen LogP contribution < -0.4 is 5.32 Å². The van der Waals surface area contributed by atoms with Crippen molar-refractivity contribution in [2.75, 3.05) is 5.88 Å². The molecule has 0 radical (unpaired) electrons. The molecule has 1 rings (SSSR count). The second-order valence-electron chi connectivity index (χ2n) is 3.28. The van der Waals surface area contributed by atoms with Crippen LogP contribution in [0.25, 0.3) is 0 Å². The molecule has 2 N–H and O–H groups in total. The minimum Gasteiger partial charge on any atom is -0.480 e. The first kappa shape index (κ1) is 12.5. The number of hydrogen-bond donors (Lipinski definition) is 2. The molecular weight excluding hydrogens is 230 g/mol. The van der Waals surface area contributed by atoms with Gasteiger partial charge in [-0.15, -0.1) is 11.6 Å².